The van der Waals surface area contributed by atoms with Gasteiger partial charge in [0.15, 0.2) is 0 Å². The fourth-order valence-electron chi connectivity index (χ4n) is 0.580. The summed E-state index contributed by atoms with van der Waals surface area (Å²) in [5, 5.41) is 0. The molecule has 0 aliphatic carbocycles. The van der Waals surface area contributed by atoms with Crippen molar-refractivity contribution in [2.45, 2.75) is 19.8 Å². The Labute approximate surface area is 63.4 Å². The molecule has 1 nitrogen and oxygen atoms in total. The van der Waals surface area contributed by atoms with Crippen molar-refractivity contribution in [1.29, 1.82) is 0 Å². The van der Waals surface area contributed by atoms with Crippen LogP contribution >= 0.6 is 0 Å². The normalized spacial score (nSPS) is 10.5. The number of hydrogen-bond acceptors (Lipinski definition) is 1. The number of rotatable bonds is 6. The van der Waals surface area contributed by atoms with Gasteiger partial charge in [0.25, 0.3) is 0 Å². The second kappa shape index (κ2) is 8.44. The molecular weight excluding hydrogens is 124 g/mol. The first-order valence-corrected chi connectivity index (χ1v) is 3.64. The molecule has 0 unspecified atom stereocenters. The second-order valence-electron chi connectivity index (χ2n) is 1.97. The van der Waals surface area contributed by atoms with E-state index in [2.05, 4.69) is 31.7 Å². The molecule has 0 aliphatic rings. The molecule has 0 heterocycles. The van der Waals surface area contributed by atoms with Crippen molar-refractivity contribution in [3.05, 3.63) is 24.8 Å². The van der Waals surface area contributed by atoms with Gasteiger partial charge in [0.2, 0.25) is 0 Å². The zero-order valence-electron chi connectivity index (χ0n) is 6.60. The van der Waals surface area contributed by atoms with Crippen LogP contribution in [0.1, 0.15) is 19.8 Å². The highest BCUT2D eigenvalue weighted by atomic mass is 16.5. The van der Waals surface area contributed by atoms with Gasteiger partial charge in [0.1, 0.15) is 0 Å². The topological polar surface area (TPSA) is 9.23 Å². The van der Waals surface area contributed by atoms with Crippen molar-refractivity contribution in [2.75, 3.05) is 13.2 Å². The summed E-state index contributed by atoms with van der Waals surface area (Å²) in [7, 11) is 0. The molecule has 0 aromatic heterocycles. The Morgan fingerprint density at radius 3 is 2.90 bits per heavy atom. The predicted molar refractivity (Wildman–Crippen MR) is 43.7 cm³/mol. The lowest BCUT2D eigenvalue weighted by atomic mass is 10.3. The Bertz CT molecular complexity index is 94.9. The minimum atomic E-state index is 0.542. The van der Waals surface area contributed by atoms with Crippen LogP contribution in [0.25, 0.3) is 0 Å². The van der Waals surface area contributed by atoms with Gasteiger partial charge in [-0.1, -0.05) is 25.7 Å². The van der Waals surface area contributed by atoms with E-state index in [1.807, 2.05) is 0 Å². The summed E-state index contributed by atoms with van der Waals surface area (Å²) >= 11 is 0. The molecule has 0 bridgehead atoms. The van der Waals surface area contributed by atoms with Gasteiger partial charge in [-0.15, -0.1) is 0 Å². The summed E-state index contributed by atoms with van der Waals surface area (Å²) in [6.07, 6.45) is 9.03. The van der Waals surface area contributed by atoms with Gasteiger partial charge in [0.05, 0.1) is 13.2 Å². The Balaban J connectivity index is 2.89. The maximum Gasteiger partial charge on any atom is 0.0714 e. The van der Waals surface area contributed by atoms with Crippen LogP contribution in [0.15, 0.2) is 18.7 Å². The first-order chi connectivity index (χ1) is 4.91. The summed E-state index contributed by atoms with van der Waals surface area (Å²) in [5.74, 6) is 0. The van der Waals surface area contributed by atoms with Gasteiger partial charge in [-0.3, -0.25) is 0 Å². The lowest BCUT2D eigenvalue weighted by molar-refractivity contribution is 0.164. The van der Waals surface area contributed by atoms with E-state index in [1.54, 1.807) is 0 Å². The molecule has 0 N–H and O–H groups in total. The van der Waals surface area contributed by atoms with Crippen molar-refractivity contribution < 1.29 is 4.74 Å². The van der Waals surface area contributed by atoms with Gasteiger partial charge >= 0.3 is 0 Å². The highest BCUT2D eigenvalue weighted by Gasteiger charge is 1.79. The molecule has 0 saturated carbocycles. The highest BCUT2D eigenvalue weighted by molar-refractivity contribution is 4.79. The van der Waals surface area contributed by atoms with Crippen LogP contribution in [-0.2, 0) is 4.74 Å². The Morgan fingerprint density at radius 2 is 2.30 bits per heavy atom. The molecule has 0 saturated heterocycles. The average molecular weight is 139 g/mol. The molecule has 10 heavy (non-hydrogen) atoms. The molecular formula is C9H15O. The minimum Gasteiger partial charge on any atom is -0.376 e. The van der Waals surface area contributed by atoms with Crippen LogP contribution in [0.2, 0.25) is 0 Å². The molecule has 0 fully saturated rings. The molecule has 0 amide bonds. The molecule has 0 aromatic rings. The monoisotopic (exact) mass is 139 g/mol. The van der Waals surface area contributed by atoms with E-state index in [1.165, 1.54) is 0 Å². The largest absolute Gasteiger partial charge is 0.376 e. The number of allylic oxidation sites excluding steroid dienone is 1. The third-order valence-electron chi connectivity index (χ3n) is 1.04. The fourth-order valence-corrected chi connectivity index (χ4v) is 0.580. The maximum absolute atomic E-state index is 5.10. The van der Waals surface area contributed by atoms with Crippen molar-refractivity contribution >= 4 is 0 Å². The first-order valence-electron chi connectivity index (χ1n) is 3.64. The first kappa shape index (κ1) is 9.44. The summed E-state index contributed by atoms with van der Waals surface area (Å²) in [6.45, 7) is 6.86. The molecule has 1 radical (unpaired) electrons. The van der Waals surface area contributed by atoms with Gasteiger partial charge in [-0.2, -0.15) is 0 Å². The quantitative estimate of drug-likeness (QED) is 0.405. The van der Waals surface area contributed by atoms with Gasteiger partial charge in [0, 0.05) is 0 Å². The summed E-state index contributed by atoms with van der Waals surface area (Å²) in [4.78, 5) is 0. The second-order valence-corrected chi connectivity index (χ2v) is 1.97. The van der Waals surface area contributed by atoms with Crippen LogP contribution in [0.4, 0.5) is 0 Å². The van der Waals surface area contributed by atoms with E-state index < -0.39 is 0 Å². The minimum absolute atomic E-state index is 0.542. The number of ether oxygens (including phenoxy) is 1. The van der Waals surface area contributed by atoms with E-state index in [9.17, 15) is 0 Å². The van der Waals surface area contributed by atoms with Crippen LogP contribution in [-0.4, -0.2) is 13.2 Å². The molecule has 57 valence electrons. The molecule has 0 aromatic carbocycles. The van der Waals surface area contributed by atoms with Crippen molar-refractivity contribution in [3.8, 4) is 0 Å². The molecule has 1 heteroatoms. The molecule has 0 rings (SSSR count). The van der Waals surface area contributed by atoms with Crippen LogP contribution in [0, 0.1) is 6.08 Å². The van der Waals surface area contributed by atoms with Crippen LogP contribution in [0.5, 0.6) is 0 Å². The lowest BCUT2D eigenvalue weighted by Crippen LogP contribution is -1.91. The lowest BCUT2D eigenvalue weighted by Gasteiger charge is -1.94. The van der Waals surface area contributed by atoms with E-state index in [0.29, 0.717) is 6.61 Å². The zero-order chi connectivity index (χ0) is 7.66. The summed E-state index contributed by atoms with van der Waals surface area (Å²) in [5.41, 5.74) is 0. The third kappa shape index (κ3) is 7.44. The maximum atomic E-state index is 5.10. The van der Waals surface area contributed by atoms with Gasteiger partial charge in [-0.25, -0.2) is 0 Å². The third-order valence-corrected chi connectivity index (χ3v) is 1.04. The molecule has 0 atom stereocenters. The zero-order valence-corrected chi connectivity index (χ0v) is 6.60. The Hall–Kier alpha value is -0.560. The highest BCUT2D eigenvalue weighted by Crippen LogP contribution is 1.87. The van der Waals surface area contributed by atoms with Crippen LogP contribution in [0.3, 0.4) is 0 Å². The van der Waals surface area contributed by atoms with E-state index >= 15 is 0 Å². The van der Waals surface area contributed by atoms with Crippen LogP contribution < -0.4 is 0 Å². The van der Waals surface area contributed by atoms with Gasteiger partial charge < -0.3 is 4.74 Å². The Kier molecular flexibility index (Phi) is 7.97. The number of hydrogen-bond donors (Lipinski definition) is 0. The standard InChI is InChI=1S/C9H15O/c1-3-5-6-7-9-10-8-4-2/h5-6H,2-3,7-9H2,1H3/b6-5+. The van der Waals surface area contributed by atoms with Gasteiger partial charge in [-0.05, 0) is 18.9 Å². The van der Waals surface area contributed by atoms with E-state index in [4.69, 9.17) is 4.74 Å². The summed E-state index contributed by atoms with van der Waals surface area (Å²) in [6, 6.07) is 0. The molecule has 0 aliphatic heterocycles. The fraction of sp³-hybridized carbons (Fsp3) is 0.556. The SMILES string of the molecule is C=[C]COCC/C=C/CC. The Morgan fingerprint density at radius 1 is 1.50 bits per heavy atom. The van der Waals surface area contributed by atoms with E-state index in [0.717, 1.165) is 19.4 Å². The van der Waals surface area contributed by atoms with Crippen molar-refractivity contribution in [1.82, 2.24) is 0 Å². The van der Waals surface area contributed by atoms with Crippen molar-refractivity contribution in [3.63, 3.8) is 0 Å². The predicted octanol–water partition coefficient (Wildman–Crippen LogP) is 2.35. The molecule has 0 spiro atoms. The smallest absolute Gasteiger partial charge is 0.0714 e. The summed E-state index contributed by atoms with van der Waals surface area (Å²) < 4.78 is 5.10. The van der Waals surface area contributed by atoms with E-state index in [-0.39, 0.29) is 0 Å². The average Bonchev–Trinajstić information content (AvgIpc) is 1.97. The van der Waals surface area contributed by atoms with Crippen molar-refractivity contribution in [2.24, 2.45) is 0 Å².